The van der Waals surface area contributed by atoms with Crippen LogP contribution in [0.25, 0.3) is 22.2 Å². The van der Waals surface area contributed by atoms with Crippen LogP contribution in [0.5, 0.6) is 5.75 Å². The van der Waals surface area contributed by atoms with Crippen LogP contribution < -0.4 is 9.04 Å². The zero-order valence-corrected chi connectivity index (χ0v) is 24.9. The molecule has 1 aromatic carbocycles. The van der Waals surface area contributed by atoms with Crippen LogP contribution in [0.4, 0.5) is 15.3 Å². The summed E-state index contributed by atoms with van der Waals surface area (Å²) in [5.41, 5.74) is 2.88. The number of fused-ring (bicyclic) bond motifs is 1. The molecule has 4 rings (SSSR count). The summed E-state index contributed by atoms with van der Waals surface area (Å²) in [5.74, 6) is 0.668. The Kier molecular flexibility index (Phi) is 7.55. The molecule has 1 atom stereocenters. The minimum atomic E-state index is -1.73. The number of anilines is 1. The fourth-order valence-corrected chi connectivity index (χ4v) is 5.17. The van der Waals surface area contributed by atoms with Gasteiger partial charge in [-0.3, -0.25) is 0 Å². The summed E-state index contributed by atoms with van der Waals surface area (Å²) in [6.07, 6.45) is 3.95. The molecule has 1 fully saturated rings. The normalized spacial score (nSPS) is 14.7. The van der Waals surface area contributed by atoms with E-state index in [1.165, 1.54) is 13.4 Å². The Morgan fingerprint density at radius 3 is 2.21 bits per heavy atom. The van der Waals surface area contributed by atoms with E-state index in [0.29, 0.717) is 23.0 Å². The Morgan fingerprint density at radius 1 is 1.03 bits per heavy atom. The van der Waals surface area contributed by atoms with Crippen molar-refractivity contribution < 1.29 is 28.0 Å². The Labute approximate surface area is 232 Å². The molecule has 1 unspecified atom stereocenters. The van der Waals surface area contributed by atoms with Gasteiger partial charge in [0, 0.05) is 35.0 Å². The molecular weight excluding hydrogens is 518 g/mol. The van der Waals surface area contributed by atoms with Crippen molar-refractivity contribution in [1.82, 2.24) is 9.55 Å². The van der Waals surface area contributed by atoms with Gasteiger partial charge in [-0.05, 0) is 90.6 Å². The predicted octanol–water partition coefficient (Wildman–Crippen LogP) is 6.72. The Morgan fingerprint density at radius 2 is 1.67 bits per heavy atom. The number of nitrogens with zero attached hydrogens (tertiary/aromatic N) is 3. The smallest absolute Gasteiger partial charge is 0.427 e. The molecule has 0 saturated heterocycles. The number of aromatic nitrogens is 2. The fraction of sp³-hybridized carbons (Fsp3) is 0.483. The lowest BCUT2D eigenvalue weighted by Gasteiger charge is -2.26. The maximum Gasteiger partial charge on any atom is 0.427 e. The highest BCUT2D eigenvalue weighted by molar-refractivity contribution is 7.86. The van der Waals surface area contributed by atoms with Gasteiger partial charge in [-0.1, -0.05) is 6.07 Å². The van der Waals surface area contributed by atoms with Crippen LogP contribution in [-0.2, 0) is 20.5 Å². The molecule has 0 spiro atoms. The molecule has 2 heterocycles. The maximum atomic E-state index is 13.2. The second-order valence-corrected chi connectivity index (χ2v) is 13.0. The number of rotatable bonds is 5. The van der Waals surface area contributed by atoms with E-state index in [4.69, 9.17) is 19.2 Å². The molecule has 0 N–H and O–H groups in total. The van der Waals surface area contributed by atoms with E-state index < -0.39 is 34.4 Å². The van der Waals surface area contributed by atoms with Crippen LogP contribution in [0, 0.1) is 6.92 Å². The van der Waals surface area contributed by atoms with Crippen LogP contribution in [0.1, 0.15) is 71.6 Å². The molecule has 10 heteroatoms. The van der Waals surface area contributed by atoms with E-state index in [9.17, 15) is 13.8 Å². The lowest BCUT2D eigenvalue weighted by atomic mass is 10.0. The quantitative estimate of drug-likeness (QED) is 0.345. The third kappa shape index (κ3) is 6.11. The number of hydrogen-bond donors (Lipinski definition) is 0. The minimum Gasteiger partial charge on any atom is -0.495 e. The second kappa shape index (κ2) is 10.3. The van der Waals surface area contributed by atoms with Crippen molar-refractivity contribution in [3.05, 3.63) is 41.7 Å². The molecule has 3 aromatic rings. The van der Waals surface area contributed by atoms with Gasteiger partial charge < -0.3 is 14.2 Å². The molecule has 39 heavy (non-hydrogen) atoms. The highest BCUT2D eigenvalue weighted by atomic mass is 32.2. The molecule has 1 amide bonds. The van der Waals surface area contributed by atoms with Gasteiger partial charge in [0.1, 0.15) is 39.3 Å². The molecule has 1 saturated carbocycles. The van der Waals surface area contributed by atoms with E-state index >= 15 is 0 Å². The van der Waals surface area contributed by atoms with Gasteiger partial charge in [0.15, 0.2) is 0 Å². The molecule has 0 bridgehead atoms. The van der Waals surface area contributed by atoms with Gasteiger partial charge >= 0.3 is 12.2 Å². The summed E-state index contributed by atoms with van der Waals surface area (Å²) < 4.78 is 32.1. The first-order valence-electron chi connectivity index (χ1n) is 12.9. The average Bonchev–Trinajstić information content (AvgIpc) is 3.60. The first-order valence-corrected chi connectivity index (χ1v) is 14.4. The van der Waals surface area contributed by atoms with Gasteiger partial charge in [0.2, 0.25) is 0 Å². The molecule has 1 aliphatic rings. The van der Waals surface area contributed by atoms with Gasteiger partial charge in [-0.25, -0.2) is 23.3 Å². The number of amides is 1. The van der Waals surface area contributed by atoms with Crippen molar-refractivity contribution in [1.29, 1.82) is 0 Å². The van der Waals surface area contributed by atoms with Gasteiger partial charge in [-0.15, -0.1) is 0 Å². The van der Waals surface area contributed by atoms with Crippen molar-refractivity contribution in [3.8, 4) is 16.9 Å². The highest BCUT2D eigenvalue weighted by Crippen LogP contribution is 2.45. The standard InChI is InChI=1S/C29H37N3O6S/c1-17-21-14-20(16-30-25(21)31(24(17)18-10-11-18)26(33)37-28(2,3)4)19-12-13-23(36-8)22(15-19)32(39(9)35)27(34)38-29(5,6)7/h12-16,18H,10-11H2,1-9H3. The average molecular weight is 556 g/mol. The zero-order valence-electron chi connectivity index (χ0n) is 24.1. The first-order chi connectivity index (χ1) is 18.1. The van der Waals surface area contributed by atoms with Gasteiger partial charge in [0.05, 0.1) is 7.11 Å². The third-order valence-corrected chi connectivity index (χ3v) is 7.06. The molecule has 0 radical (unpaired) electrons. The van der Waals surface area contributed by atoms with Crippen LogP contribution >= 0.6 is 0 Å². The topological polar surface area (TPSA) is 100.0 Å². The summed E-state index contributed by atoms with van der Waals surface area (Å²) in [6.45, 7) is 12.8. The number of benzene rings is 1. The molecule has 210 valence electrons. The summed E-state index contributed by atoms with van der Waals surface area (Å²) in [5, 5.41) is 0.848. The molecule has 9 nitrogen and oxygen atoms in total. The van der Waals surface area contributed by atoms with E-state index in [2.05, 4.69) is 0 Å². The van der Waals surface area contributed by atoms with Crippen molar-refractivity contribution in [3.63, 3.8) is 0 Å². The second-order valence-electron chi connectivity index (χ2n) is 11.8. The third-order valence-electron chi connectivity index (χ3n) is 6.20. The SMILES string of the molecule is COc1ccc(-c2cnc3c(c2)c(C)c(C2CC2)n3C(=O)OC(C)(C)C)cc1N(C(=O)OC(C)(C)C)S(C)=O. The number of hydrogen-bond acceptors (Lipinski definition) is 7. The summed E-state index contributed by atoms with van der Waals surface area (Å²) in [4.78, 5) is 30.9. The first kappa shape index (κ1) is 28.6. The zero-order chi connectivity index (χ0) is 28.9. The maximum absolute atomic E-state index is 13.2. The molecular formula is C29H37N3O6S. The van der Waals surface area contributed by atoms with Crippen LogP contribution in [0.3, 0.4) is 0 Å². The summed E-state index contributed by atoms with van der Waals surface area (Å²) in [6, 6.07) is 7.28. The van der Waals surface area contributed by atoms with E-state index in [1.54, 1.807) is 43.7 Å². The van der Waals surface area contributed by atoms with E-state index in [0.717, 1.165) is 44.9 Å². The molecule has 0 aliphatic heterocycles. The van der Waals surface area contributed by atoms with E-state index in [1.807, 2.05) is 39.8 Å². The fourth-order valence-electron chi connectivity index (χ4n) is 4.50. The minimum absolute atomic E-state index is 0.296. The van der Waals surface area contributed by atoms with Crippen molar-refractivity contribution >= 4 is 39.9 Å². The van der Waals surface area contributed by atoms with Crippen LogP contribution in [-0.4, -0.2) is 50.5 Å². The van der Waals surface area contributed by atoms with Crippen molar-refractivity contribution in [2.75, 3.05) is 17.7 Å². The highest BCUT2D eigenvalue weighted by Gasteiger charge is 2.35. The number of aryl methyl sites for hydroxylation is 1. The van der Waals surface area contributed by atoms with E-state index in [-0.39, 0.29) is 0 Å². The van der Waals surface area contributed by atoms with Crippen molar-refractivity contribution in [2.24, 2.45) is 0 Å². The lowest BCUT2D eigenvalue weighted by molar-refractivity contribution is 0.0537. The molecule has 2 aromatic heterocycles. The van der Waals surface area contributed by atoms with Gasteiger partial charge in [0.25, 0.3) is 0 Å². The van der Waals surface area contributed by atoms with Crippen LogP contribution in [0.2, 0.25) is 0 Å². The largest absolute Gasteiger partial charge is 0.495 e. The number of carbonyl (C=O) groups excluding carboxylic acids is 2. The number of ether oxygens (including phenoxy) is 3. The van der Waals surface area contributed by atoms with Gasteiger partial charge in [-0.2, -0.15) is 4.31 Å². The Bertz CT molecular complexity index is 1460. The van der Waals surface area contributed by atoms with Crippen LogP contribution in [0.15, 0.2) is 30.5 Å². The number of pyridine rings is 1. The Hall–Kier alpha value is -3.40. The summed E-state index contributed by atoms with van der Waals surface area (Å²) in [7, 11) is -0.239. The number of methoxy groups -OCH3 is 1. The Balaban J connectivity index is 1.83. The summed E-state index contributed by atoms with van der Waals surface area (Å²) >= 11 is 0. The van der Waals surface area contributed by atoms with Crippen molar-refractivity contribution in [2.45, 2.75) is 78.4 Å². The molecule has 1 aliphatic carbocycles. The predicted molar refractivity (Wildman–Crippen MR) is 153 cm³/mol. The number of carbonyl (C=O) groups is 2. The monoisotopic (exact) mass is 555 g/mol. The lowest BCUT2D eigenvalue weighted by Crippen LogP contribution is -2.37.